The molecule has 0 heterocycles. The van der Waals surface area contributed by atoms with Gasteiger partial charge in [0.05, 0.1) is 0 Å². The van der Waals surface area contributed by atoms with Crippen LogP contribution in [0.25, 0.3) is 0 Å². The van der Waals surface area contributed by atoms with Gasteiger partial charge in [0, 0.05) is 18.4 Å². The van der Waals surface area contributed by atoms with Crippen LogP contribution in [0.4, 0.5) is 0 Å². The number of nitrogens with one attached hydrogen (secondary N) is 1. The van der Waals surface area contributed by atoms with Gasteiger partial charge < -0.3 is 10.4 Å². The van der Waals surface area contributed by atoms with Gasteiger partial charge in [-0.25, -0.2) is 0 Å². The highest BCUT2D eigenvalue weighted by Gasteiger charge is 2.67. The summed E-state index contributed by atoms with van der Waals surface area (Å²) in [6, 6.07) is 0. The Morgan fingerprint density at radius 1 is 1.30 bits per heavy atom. The number of hydrogen-bond acceptors (Lipinski definition) is 3. The molecule has 0 aliphatic heterocycles. The van der Waals surface area contributed by atoms with Gasteiger partial charge in [-0.1, -0.05) is 18.9 Å². The summed E-state index contributed by atoms with van der Waals surface area (Å²) in [5.41, 5.74) is 3.01. The molecule has 0 aromatic carbocycles. The summed E-state index contributed by atoms with van der Waals surface area (Å²) in [7, 11) is 2.03. The maximum Gasteiger partial charge on any atom is 0.159 e. The van der Waals surface area contributed by atoms with E-state index in [2.05, 4.69) is 19.2 Å². The molecule has 4 atom stereocenters. The number of Topliss-reactive ketones (excluding diaryl/α,β-unsaturated/α-hetero) is 1. The van der Waals surface area contributed by atoms with E-state index < -0.39 is 0 Å². The van der Waals surface area contributed by atoms with Crippen LogP contribution < -0.4 is 5.32 Å². The summed E-state index contributed by atoms with van der Waals surface area (Å²) in [5, 5.41) is 12.5. The maximum atomic E-state index is 12.6. The monoisotopic (exact) mass is 319 g/mol. The van der Waals surface area contributed by atoms with Crippen LogP contribution in [-0.2, 0) is 4.79 Å². The Morgan fingerprint density at radius 2 is 2.09 bits per heavy atom. The molecule has 23 heavy (non-hydrogen) atoms. The first kappa shape index (κ1) is 17.2. The number of rotatable bonds is 7. The van der Waals surface area contributed by atoms with Gasteiger partial charge in [0.25, 0.3) is 0 Å². The van der Waals surface area contributed by atoms with Gasteiger partial charge in [0.15, 0.2) is 5.78 Å². The smallest absolute Gasteiger partial charge is 0.159 e. The van der Waals surface area contributed by atoms with Gasteiger partial charge in [-0.2, -0.15) is 0 Å². The molecule has 3 aliphatic carbocycles. The molecule has 3 heteroatoms. The van der Waals surface area contributed by atoms with Crippen LogP contribution in [0.15, 0.2) is 11.1 Å². The molecular weight excluding hydrogens is 286 g/mol. The molecule has 130 valence electrons. The third-order valence-electron chi connectivity index (χ3n) is 7.64. The number of hydrogen-bond donors (Lipinski definition) is 2. The largest absolute Gasteiger partial charge is 0.396 e. The number of aliphatic hydroxyl groups excluding tert-OH is 1. The third kappa shape index (κ3) is 2.34. The number of allylic oxidation sites excluding steroid dienone is 2. The predicted octanol–water partition coefficient (Wildman–Crippen LogP) is 3.47. The Hall–Kier alpha value is -0.670. The molecule has 2 saturated carbocycles. The Kier molecular flexibility index (Phi) is 4.72. The molecule has 3 aliphatic rings. The Labute approximate surface area is 140 Å². The predicted molar refractivity (Wildman–Crippen MR) is 93.2 cm³/mol. The van der Waals surface area contributed by atoms with Crippen LogP contribution in [0.5, 0.6) is 0 Å². The summed E-state index contributed by atoms with van der Waals surface area (Å²) in [6.07, 6.45) is 8.85. The maximum absolute atomic E-state index is 12.6. The second kappa shape index (κ2) is 6.33. The molecule has 3 rings (SSSR count). The molecule has 0 radical (unpaired) electrons. The van der Waals surface area contributed by atoms with E-state index in [1.165, 1.54) is 31.3 Å². The normalized spacial score (nSPS) is 39.2. The van der Waals surface area contributed by atoms with Crippen molar-refractivity contribution >= 4 is 5.78 Å². The Balaban J connectivity index is 1.97. The van der Waals surface area contributed by atoms with E-state index in [0.717, 1.165) is 43.7 Å². The molecular formula is C20H33NO2. The molecule has 2 bridgehead atoms. The van der Waals surface area contributed by atoms with Crippen LogP contribution in [0, 0.1) is 22.7 Å². The van der Waals surface area contributed by atoms with Gasteiger partial charge >= 0.3 is 0 Å². The van der Waals surface area contributed by atoms with Crippen molar-refractivity contribution in [2.75, 3.05) is 20.2 Å². The van der Waals surface area contributed by atoms with E-state index in [4.69, 9.17) is 5.11 Å². The topological polar surface area (TPSA) is 49.3 Å². The lowest BCUT2D eigenvalue weighted by Gasteiger charge is -2.54. The highest BCUT2D eigenvalue weighted by molar-refractivity contribution is 6.00. The lowest BCUT2D eigenvalue weighted by atomic mass is 9.50. The first-order valence-corrected chi connectivity index (χ1v) is 9.50. The fourth-order valence-electron chi connectivity index (χ4n) is 6.34. The molecule has 0 amide bonds. The van der Waals surface area contributed by atoms with Crippen LogP contribution in [0.2, 0.25) is 0 Å². The molecule has 3 nitrogen and oxygen atoms in total. The van der Waals surface area contributed by atoms with Crippen LogP contribution in [0.3, 0.4) is 0 Å². The van der Waals surface area contributed by atoms with Crippen molar-refractivity contribution in [1.29, 1.82) is 0 Å². The average molecular weight is 319 g/mol. The number of aliphatic hydroxyl groups is 1. The van der Waals surface area contributed by atoms with Crippen LogP contribution in [0.1, 0.15) is 65.2 Å². The van der Waals surface area contributed by atoms with Gasteiger partial charge in [-0.3, -0.25) is 4.79 Å². The van der Waals surface area contributed by atoms with Gasteiger partial charge in [-0.05, 0) is 81.9 Å². The zero-order valence-corrected chi connectivity index (χ0v) is 15.1. The van der Waals surface area contributed by atoms with Gasteiger partial charge in [0.2, 0.25) is 0 Å². The first-order chi connectivity index (χ1) is 11.0. The molecule has 0 aromatic heterocycles. The minimum atomic E-state index is 0.128. The minimum absolute atomic E-state index is 0.128. The SMILES string of the molecule is CNCCC1(C)C2CCC(CCCCO)C13CC(=O)C(C)=C3C2. The summed E-state index contributed by atoms with van der Waals surface area (Å²) < 4.78 is 0. The minimum Gasteiger partial charge on any atom is -0.396 e. The number of carbonyl (C=O) groups excluding carboxylic acids is 1. The van der Waals surface area contributed by atoms with E-state index in [1.807, 2.05) is 7.05 Å². The highest BCUT2D eigenvalue weighted by Crippen LogP contribution is 2.73. The van der Waals surface area contributed by atoms with Gasteiger partial charge in [-0.15, -0.1) is 0 Å². The number of fused-ring (bicyclic) bond motifs is 1. The van der Waals surface area contributed by atoms with E-state index in [1.54, 1.807) is 0 Å². The van der Waals surface area contributed by atoms with Crippen molar-refractivity contribution < 1.29 is 9.90 Å². The van der Waals surface area contributed by atoms with Crippen molar-refractivity contribution in [3.63, 3.8) is 0 Å². The van der Waals surface area contributed by atoms with E-state index in [9.17, 15) is 4.79 Å². The van der Waals surface area contributed by atoms with Gasteiger partial charge in [0.1, 0.15) is 0 Å². The van der Waals surface area contributed by atoms with E-state index in [0.29, 0.717) is 18.3 Å². The number of unbranched alkanes of at least 4 members (excludes halogenated alkanes) is 1. The molecule has 4 unspecified atom stereocenters. The van der Waals surface area contributed by atoms with Crippen molar-refractivity contribution in [3.05, 3.63) is 11.1 Å². The molecule has 1 spiro atoms. The van der Waals surface area contributed by atoms with Crippen LogP contribution in [-0.4, -0.2) is 31.1 Å². The summed E-state index contributed by atoms with van der Waals surface area (Å²) in [4.78, 5) is 12.6. The second-order valence-electron chi connectivity index (χ2n) is 8.34. The zero-order chi connectivity index (χ0) is 16.7. The standard InChI is InChI=1S/C20H33NO2/c1-14-17-12-16-8-7-15(6-4-5-11-22)20(17,13-18(14)23)19(16,2)9-10-21-3/h15-16,21-22H,4-13H2,1-3H3. The average Bonchev–Trinajstić information content (AvgIpc) is 2.83. The van der Waals surface area contributed by atoms with Crippen LogP contribution >= 0.6 is 0 Å². The lowest BCUT2D eigenvalue weighted by Crippen LogP contribution is -2.49. The molecule has 2 N–H and O–H groups in total. The summed E-state index contributed by atoms with van der Waals surface area (Å²) >= 11 is 0. The van der Waals surface area contributed by atoms with E-state index in [-0.39, 0.29) is 10.8 Å². The lowest BCUT2D eigenvalue weighted by molar-refractivity contribution is -0.121. The first-order valence-electron chi connectivity index (χ1n) is 9.50. The van der Waals surface area contributed by atoms with Crippen molar-refractivity contribution in [2.45, 2.75) is 65.2 Å². The second-order valence-corrected chi connectivity index (χ2v) is 8.34. The molecule has 0 aromatic rings. The Bertz CT molecular complexity index is 512. The number of ketones is 1. The van der Waals surface area contributed by atoms with E-state index >= 15 is 0 Å². The fourth-order valence-corrected chi connectivity index (χ4v) is 6.34. The van der Waals surface area contributed by atoms with Crippen molar-refractivity contribution in [1.82, 2.24) is 5.32 Å². The Morgan fingerprint density at radius 3 is 2.78 bits per heavy atom. The molecule has 2 fully saturated rings. The third-order valence-corrected chi connectivity index (χ3v) is 7.64. The van der Waals surface area contributed by atoms with Crippen molar-refractivity contribution in [3.8, 4) is 0 Å². The van der Waals surface area contributed by atoms with Crippen molar-refractivity contribution in [2.24, 2.45) is 22.7 Å². The number of carbonyl (C=O) groups is 1. The fraction of sp³-hybridized carbons (Fsp3) is 0.850. The summed E-state index contributed by atoms with van der Waals surface area (Å²) in [6.45, 7) is 5.89. The zero-order valence-electron chi connectivity index (χ0n) is 15.1. The summed E-state index contributed by atoms with van der Waals surface area (Å²) in [5.74, 6) is 1.79. The molecule has 0 saturated heterocycles. The highest BCUT2D eigenvalue weighted by atomic mass is 16.2. The quantitative estimate of drug-likeness (QED) is 0.706.